The zero-order valence-corrected chi connectivity index (χ0v) is 19.2. The normalized spacial score (nSPS) is 13.4. The molecule has 1 aromatic heterocycles. The average molecular weight is 462 g/mol. The Hall–Kier alpha value is -4.14. The van der Waals surface area contributed by atoms with E-state index in [1.165, 1.54) is 6.92 Å². The largest absolute Gasteiger partial charge is 0.496 e. The Kier molecular flexibility index (Phi) is 7.22. The number of hydrogen-bond donors (Lipinski definition) is 1. The molecule has 1 fully saturated rings. The van der Waals surface area contributed by atoms with E-state index in [1.54, 1.807) is 36.3 Å². The molecule has 34 heavy (non-hydrogen) atoms. The van der Waals surface area contributed by atoms with Crippen LogP contribution >= 0.6 is 0 Å². The number of carbonyl (C=O) groups is 2. The van der Waals surface area contributed by atoms with Gasteiger partial charge in [0.25, 0.3) is 5.91 Å². The Morgan fingerprint density at radius 3 is 2.32 bits per heavy atom. The zero-order valence-electron chi connectivity index (χ0n) is 19.2. The third kappa shape index (κ3) is 5.61. The van der Waals surface area contributed by atoms with E-state index in [9.17, 15) is 9.59 Å². The van der Waals surface area contributed by atoms with E-state index in [4.69, 9.17) is 9.47 Å². The summed E-state index contributed by atoms with van der Waals surface area (Å²) < 4.78 is 11.0. The minimum absolute atomic E-state index is 0.0348. The third-order valence-electron chi connectivity index (χ3n) is 5.53. The first-order chi connectivity index (χ1) is 16.5. The lowest BCUT2D eigenvalue weighted by Crippen LogP contribution is -2.50. The van der Waals surface area contributed by atoms with E-state index in [0.717, 1.165) is 22.8 Å². The molecule has 0 bridgehead atoms. The fourth-order valence-corrected chi connectivity index (χ4v) is 3.75. The zero-order chi connectivity index (χ0) is 23.9. The first kappa shape index (κ1) is 23.0. The van der Waals surface area contributed by atoms with Crippen molar-refractivity contribution in [3.05, 3.63) is 60.7 Å². The standard InChI is InChI=1S/C25H27N5O4/c1-18(31)26-19-7-9-20(10-8-19)34-17-25(32)30-15-13-29(14-16-30)24-12-11-22(27-28-24)21-5-3-4-6-23(21)33-2/h3-12H,13-17H2,1-2H3,(H,26,31). The molecule has 0 atom stereocenters. The summed E-state index contributed by atoms with van der Waals surface area (Å²) in [6, 6.07) is 18.5. The maximum atomic E-state index is 12.6. The first-order valence-electron chi connectivity index (χ1n) is 11.0. The van der Waals surface area contributed by atoms with Gasteiger partial charge in [-0.2, -0.15) is 0 Å². The second-order valence-electron chi connectivity index (χ2n) is 7.84. The molecule has 0 radical (unpaired) electrons. The summed E-state index contributed by atoms with van der Waals surface area (Å²) in [6.45, 7) is 3.92. The summed E-state index contributed by atoms with van der Waals surface area (Å²) >= 11 is 0. The number of amides is 2. The van der Waals surface area contributed by atoms with E-state index in [1.807, 2.05) is 36.4 Å². The van der Waals surface area contributed by atoms with Gasteiger partial charge in [0, 0.05) is 44.4 Å². The fraction of sp³-hybridized carbons (Fsp3) is 0.280. The number of hydrogen-bond acceptors (Lipinski definition) is 7. The van der Waals surface area contributed by atoms with Crippen molar-refractivity contribution in [1.82, 2.24) is 15.1 Å². The number of carbonyl (C=O) groups excluding carboxylic acids is 2. The smallest absolute Gasteiger partial charge is 0.260 e. The van der Waals surface area contributed by atoms with Crippen LogP contribution in [0.3, 0.4) is 0 Å². The van der Waals surface area contributed by atoms with Crippen LogP contribution in [0, 0.1) is 0 Å². The minimum atomic E-state index is -0.138. The molecule has 1 N–H and O–H groups in total. The summed E-state index contributed by atoms with van der Waals surface area (Å²) in [4.78, 5) is 27.6. The van der Waals surface area contributed by atoms with Crippen molar-refractivity contribution in [2.24, 2.45) is 0 Å². The lowest BCUT2D eigenvalue weighted by Gasteiger charge is -2.35. The SMILES string of the molecule is COc1ccccc1-c1ccc(N2CCN(C(=O)COc3ccc(NC(C)=O)cc3)CC2)nn1. The second-order valence-corrected chi connectivity index (χ2v) is 7.84. The van der Waals surface area contributed by atoms with Crippen LogP contribution in [0.4, 0.5) is 11.5 Å². The number of para-hydroxylation sites is 1. The molecule has 2 heterocycles. The first-order valence-corrected chi connectivity index (χ1v) is 11.0. The Morgan fingerprint density at radius 1 is 0.941 bits per heavy atom. The number of methoxy groups -OCH3 is 1. The highest BCUT2D eigenvalue weighted by Crippen LogP contribution is 2.28. The van der Waals surface area contributed by atoms with Crippen LogP contribution in [-0.4, -0.2) is 66.8 Å². The van der Waals surface area contributed by atoms with Gasteiger partial charge in [0.2, 0.25) is 5.91 Å². The van der Waals surface area contributed by atoms with Crippen LogP contribution in [-0.2, 0) is 9.59 Å². The van der Waals surface area contributed by atoms with Gasteiger partial charge in [0.05, 0.1) is 12.8 Å². The van der Waals surface area contributed by atoms with Crippen molar-refractivity contribution < 1.29 is 19.1 Å². The molecular formula is C25H27N5O4. The Bertz CT molecular complexity index is 1130. The Morgan fingerprint density at radius 2 is 1.68 bits per heavy atom. The van der Waals surface area contributed by atoms with Crippen molar-refractivity contribution in [3.63, 3.8) is 0 Å². The van der Waals surface area contributed by atoms with Gasteiger partial charge in [0.1, 0.15) is 11.5 Å². The van der Waals surface area contributed by atoms with Crippen LogP contribution in [0.1, 0.15) is 6.92 Å². The summed E-state index contributed by atoms with van der Waals surface area (Å²) in [7, 11) is 1.64. The predicted octanol–water partition coefficient (Wildman–Crippen LogP) is 2.84. The number of benzene rings is 2. The van der Waals surface area contributed by atoms with E-state index >= 15 is 0 Å². The molecule has 0 unspecified atom stereocenters. The number of ether oxygens (including phenoxy) is 2. The van der Waals surface area contributed by atoms with Crippen molar-refractivity contribution >= 4 is 23.3 Å². The number of nitrogens with one attached hydrogen (secondary N) is 1. The van der Waals surface area contributed by atoms with E-state index in [0.29, 0.717) is 37.6 Å². The topological polar surface area (TPSA) is 96.9 Å². The lowest BCUT2D eigenvalue weighted by molar-refractivity contribution is -0.133. The van der Waals surface area contributed by atoms with E-state index in [2.05, 4.69) is 20.4 Å². The molecule has 176 valence electrons. The summed E-state index contributed by atoms with van der Waals surface area (Å²) in [5.41, 5.74) is 2.32. The molecule has 9 heteroatoms. The molecule has 1 saturated heterocycles. The highest BCUT2D eigenvalue weighted by molar-refractivity contribution is 5.88. The minimum Gasteiger partial charge on any atom is -0.496 e. The lowest BCUT2D eigenvalue weighted by atomic mass is 10.1. The molecule has 1 aliphatic heterocycles. The maximum absolute atomic E-state index is 12.6. The molecule has 3 aromatic rings. The number of anilines is 2. The molecule has 0 spiro atoms. The van der Waals surface area contributed by atoms with Gasteiger partial charge in [-0.3, -0.25) is 9.59 Å². The average Bonchev–Trinajstić information content (AvgIpc) is 2.88. The summed E-state index contributed by atoms with van der Waals surface area (Å²) in [6.07, 6.45) is 0. The van der Waals surface area contributed by atoms with Crippen molar-refractivity contribution in [2.75, 3.05) is 50.1 Å². The molecule has 0 aliphatic carbocycles. The van der Waals surface area contributed by atoms with Gasteiger partial charge >= 0.3 is 0 Å². The van der Waals surface area contributed by atoms with Gasteiger partial charge in [-0.15, -0.1) is 10.2 Å². The summed E-state index contributed by atoms with van der Waals surface area (Å²) in [5.74, 6) is 1.90. The van der Waals surface area contributed by atoms with Gasteiger partial charge in [-0.05, 0) is 48.5 Å². The van der Waals surface area contributed by atoms with Crippen LogP contribution in [0.25, 0.3) is 11.3 Å². The second kappa shape index (κ2) is 10.7. The van der Waals surface area contributed by atoms with Crippen LogP contribution < -0.4 is 19.7 Å². The highest BCUT2D eigenvalue weighted by Gasteiger charge is 2.22. The van der Waals surface area contributed by atoms with Crippen LogP contribution in [0.2, 0.25) is 0 Å². The predicted molar refractivity (Wildman–Crippen MR) is 129 cm³/mol. The molecular weight excluding hydrogens is 434 g/mol. The molecule has 2 amide bonds. The van der Waals surface area contributed by atoms with Crippen molar-refractivity contribution in [1.29, 1.82) is 0 Å². The van der Waals surface area contributed by atoms with Gasteiger partial charge < -0.3 is 24.6 Å². The molecule has 9 nitrogen and oxygen atoms in total. The fourth-order valence-electron chi connectivity index (χ4n) is 3.75. The van der Waals surface area contributed by atoms with Crippen LogP contribution in [0.5, 0.6) is 11.5 Å². The number of nitrogens with zero attached hydrogens (tertiary/aromatic N) is 4. The van der Waals surface area contributed by atoms with Gasteiger partial charge in [-0.1, -0.05) is 12.1 Å². The monoisotopic (exact) mass is 461 g/mol. The Labute approximate surface area is 198 Å². The van der Waals surface area contributed by atoms with Crippen molar-refractivity contribution in [3.8, 4) is 22.8 Å². The van der Waals surface area contributed by atoms with E-state index < -0.39 is 0 Å². The highest BCUT2D eigenvalue weighted by atomic mass is 16.5. The van der Waals surface area contributed by atoms with Crippen LogP contribution in [0.15, 0.2) is 60.7 Å². The third-order valence-corrected chi connectivity index (χ3v) is 5.53. The maximum Gasteiger partial charge on any atom is 0.260 e. The van der Waals surface area contributed by atoms with Gasteiger partial charge in [0.15, 0.2) is 12.4 Å². The molecule has 2 aromatic carbocycles. The number of rotatable bonds is 7. The summed E-state index contributed by atoms with van der Waals surface area (Å²) in [5, 5.41) is 11.5. The molecule has 1 aliphatic rings. The number of piperazine rings is 1. The van der Waals surface area contributed by atoms with E-state index in [-0.39, 0.29) is 18.4 Å². The Balaban J connectivity index is 1.27. The molecule has 0 saturated carbocycles. The number of aromatic nitrogens is 2. The molecule has 4 rings (SSSR count). The van der Waals surface area contributed by atoms with Crippen molar-refractivity contribution in [2.45, 2.75) is 6.92 Å². The van der Waals surface area contributed by atoms with Gasteiger partial charge in [-0.25, -0.2) is 0 Å². The quantitative estimate of drug-likeness (QED) is 0.578.